The summed E-state index contributed by atoms with van der Waals surface area (Å²) in [5.74, 6) is 0.379. The Morgan fingerprint density at radius 3 is 2.60 bits per heavy atom. The Morgan fingerprint density at radius 1 is 1.32 bits per heavy atom. The molecule has 0 radical (unpaired) electrons. The quantitative estimate of drug-likeness (QED) is 0.678. The first kappa shape index (κ1) is 17.4. The lowest BCUT2D eigenvalue weighted by molar-refractivity contribution is 0.0528. The van der Waals surface area contributed by atoms with E-state index in [1.807, 2.05) is 24.3 Å². The molecule has 0 aliphatic rings. The number of rotatable bonds is 4. The summed E-state index contributed by atoms with van der Waals surface area (Å²) in [7, 11) is 0. The summed E-state index contributed by atoms with van der Waals surface area (Å²) in [6.07, 6.45) is 1.61. The molecule has 7 heteroatoms. The molecular weight excluding hydrogens is 340 g/mol. The number of fused-ring (bicyclic) bond motifs is 1. The minimum Gasteiger partial charge on any atom is -0.462 e. The van der Waals surface area contributed by atoms with Gasteiger partial charge in [-0.1, -0.05) is 23.7 Å². The number of hydrogen-bond acceptors (Lipinski definition) is 4. The second-order valence-electron chi connectivity index (χ2n) is 6.76. The standard InChI is InChI=1S/C18H21ClN4O2/c1-5-25-17(24)13-10-20-23-15(13)21-14(16(23)22-18(2,3)4)11-6-8-12(19)9-7-11/h6-10,20,22H,5H2,1-4H3. The molecule has 0 aliphatic carbocycles. The number of benzene rings is 1. The molecule has 0 spiro atoms. The van der Waals surface area contributed by atoms with Crippen LogP contribution < -0.4 is 5.32 Å². The van der Waals surface area contributed by atoms with Gasteiger partial charge in [0.15, 0.2) is 11.5 Å². The molecule has 0 amide bonds. The fourth-order valence-corrected chi connectivity index (χ4v) is 2.69. The van der Waals surface area contributed by atoms with Crippen molar-refractivity contribution in [3.8, 4) is 11.3 Å². The van der Waals surface area contributed by atoms with Crippen LogP contribution in [0.2, 0.25) is 5.02 Å². The molecule has 132 valence electrons. The van der Waals surface area contributed by atoms with Gasteiger partial charge >= 0.3 is 5.97 Å². The summed E-state index contributed by atoms with van der Waals surface area (Å²) in [5.41, 5.74) is 2.38. The molecule has 6 nitrogen and oxygen atoms in total. The molecule has 25 heavy (non-hydrogen) atoms. The molecule has 0 saturated heterocycles. The Morgan fingerprint density at radius 2 is 2.00 bits per heavy atom. The Labute approximate surface area is 151 Å². The first-order valence-electron chi connectivity index (χ1n) is 8.11. The molecule has 0 atom stereocenters. The van der Waals surface area contributed by atoms with Crippen molar-refractivity contribution in [1.29, 1.82) is 0 Å². The number of anilines is 1. The predicted molar refractivity (Wildman–Crippen MR) is 99.3 cm³/mol. The maximum Gasteiger partial charge on any atom is 0.343 e. The fraction of sp³-hybridized carbons (Fsp3) is 0.333. The molecule has 0 bridgehead atoms. The molecule has 1 aromatic carbocycles. The molecule has 0 unspecified atom stereocenters. The van der Waals surface area contributed by atoms with Crippen molar-refractivity contribution in [3.05, 3.63) is 41.0 Å². The number of imidazole rings is 1. The van der Waals surface area contributed by atoms with Gasteiger partial charge in [0.25, 0.3) is 0 Å². The third-order valence-corrected chi connectivity index (χ3v) is 3.81. The van der Waals surface area contributed by atoms with E-state index in [1.165, 1.54) is 0 Å². The Bertz CT molecular complexity index is 904. The molecule has 0 fully saturated rings. The Hall–Kier alpha value is -2.47. The number of carbonyl (C=O) groups is 1. The van der Waals surface area contributed by atoms with Crippen LogP contribution in [-0.4, -0.2) is 32.7 Å². The average molecular weight is 361 g/mol. The van der Waals surface area contributed by atoms with E-state index in [1.54, 1.807) is 17.6 Å². The van der Waals surface area contributed by atoms with Crippen molar-refractivity contribution in [2.24, 2.45) is 0 Å². The number of carbonyl (C=O) groups excluding carboxylic acids is 1. The van der Waals surface area contributed by atoms with Crippen LogP contribution in [0.5, 0.6) is 0 Å². The van der Waals surface area contributed by atoms with Crippen LogP contribution in [-0.2, 0) is 4.74 Å². The van der Waals surface area contributed by atoms with E-state index in [0.717, 1.165) is 17.1 Å². The molecule has 2 N–H and O–H groups in total. The zero-order chi connectivity index (χ0) is 18.2. The first-order chi connectivity index (χ1) is 11.8. The predicted octanol–water partition coefficient (Wildman–Crippen LogP) is 4.37. The monoisotopic (exact) mass is 360 g/mol. The molecule has 0 aliphatic heterocycles. The highest BCUT2D eigenvalue weighted by molar-refractivity contribution is 6.30. The van der Waals surface area contributed by atoms with E-state index in [9.17, 15) is 4.79 Å². The van der Waals surface area contributed by atoms with E-state index >= 15 is 0 Å². The molecule has 2 aromatic heterocycles. The summed E-state index contributed by atoms with van der Waals surface area (Å²) in [6.45, 7) is 8.28. The zero-order valence-electron chi connectivity index (χ0n) is 14.7. The number of H-pyrrole nitrogens is 1. The Balaban J connectivity index is 2.18. The lowest BCUT2D eigenvalue weighted by Crippen LogP contribution is -2.27. The minimum absolute atomic E-state index is 0.188. The average Bonchev–Trinajstić information content (AvgIpc) is 3.07. The van der Waals surface area contributed by atoms with Crippen molar-refractivity contribution >= 4 is 29.0 Å². The highest BCUT2D eigenvalue weighted by Gasteiger charge is 2.24. The van der Waals surface area contributed by atoms with Gasteiger partial charge in [0, 0.05) is 22.3 Å². The second kappa shape index (κ2) is 6.44. The highest BCUT2D eigenvalue weighted by Crippen LogP contribution is 2.32. The minimum atomic E-state index is -0.399. The van der Waals surface area contributed by atoms with Gasteiger partial charge in [0.1, 0.15) is 11.3 Å². The smallest absolute Gasteiger partial charge is 0.343 e. The number of ether oxygens (including phenoxy) is 1. The van der Waals surface area contributed by atoms with Gasteiger partial charge < -0.3 is 10.1 Å². The number of nitrogens with one attached hydrogen (secondary N) is 2. The normalized spacial score (nSPS) is 11.7. The van der Waals surface area contributed by atoms with E-state index in [2.05, 4.69) is 36.2 Å². The van der Waals surface area contributed by atoms with Crippen LogP contribution in [0.25, 0.3) is 16.9 Å². The van der Waals surface area contributed by atoms with Crippen LogP contribution in [0.15, 0.2) is 30.5 Å². The van der Waals surface area contributed by atoms with Crippen molar-refractivity contribution in [1.82, 2.24) is 14.6 Å². The van der Waals surface area contributed by atoms with E-state index in [0.29, 0.717) is 22.8 Å². The summed E-state index contributed by atoms with van der Waals surface area (Å²) in [5, 5.41) is 7.20. The zero-order valence-corrected chi connectivity index (χ0v) is 15.4. The van der Waals surface area contributed by atoms with Gasteiger partial charge in [-0.05, 0) is 39.8 Å². The largest absolute Gasteiger partial charge is 0.462 e. The first-order valence-corrected chi connectivity index (χ1v) is 8.49. The maximum atomic E-state index is 12.2. The van der Waals surface area contributed by atoms with Crippen LogP contribution in [0.4, 0.5) is 5.82 Å². The SMILES string of the molecule is CCOC(=O)c1c[nH]n2c(NC(C)(C)C)c(-c3ccc(Cl)cc3)nc12. The van der Waals surface area contributed by atoms with E-state index < -0.39 is 5.97 Å². The van der Waals surface area contributed by atoms with Gasteiger partial charge in [-0.25, -0.2) is 14.3 Å². The number of aromatic amines is 1. The maximum absolute atomic E-state index is 12.2. The third-order valence-electron chi connectivity index (χ3n) is 3.56. The summed E-state index contributed by atoms with van der Waals surface area (Å²) in [6, 6.07) is 7.44. The van der Waals surface area contributed by atoms with E-state index in [4.69, 9.17) is 16.3 Å². The molecule has 3 aromatic rings. The van der Waals surface area contributed by atoms with Gasteiger partial charge in [-0.3, -0.25) is 5.10 Å². The molecular formula is C18H21ClN4O2. The molecule has 3 rings (SSSR count). The fourth-order valence-electron chi connectivity index (χ4n) is 2.56. The summed E-state index contributed by atoms with van der Waals surface area (Å²) in [4.78, 5) is 16.9. The molecule has 2 heterocycles. The lowest BCUT2D eigenvalue weighted by atomic mass is 10.1. The van der Waals surface area contributed by atoms with Crippen molar-refractivity contribution in [2.75, 3.05) is 11.9 Å². The number of esters is 1. The van der Waals surface area contributed by atoms with Gasteiger partial charge in [-0.2, -0.15) is 0 Å². The van der Waals surface area contributed by atoms with E-state index in [-0.39, 0.29) is 5.54 Å². The molecule has 0 saturated carbocycles. The lowest BCUT2D eigenvalue weighted by Gasteiger charge is -2.22. The number of aromatic nitrogens is 3. The van der Waals surface area contributed by atoms with Crippen molar-refractivity contribution in [2.45, 2.75) is 33.2 Å². The number of hydrogen-bond donors (Lipinski definition) is 2. The number of halogens is 1. The van der Waals surface area contributed by atoms with Crippen LogP contribution in [0, 0.1) is 0 Å². The van der Waals surface area contributed by atoms with Crippen LogP contribution in [0.3, 0.4) is 0 Å². The van der Waals surface area contributed by atoms with Gasteiger partial charge in [0.2, 0.25) is 0 Å². The summed E-state index contributed by atoms with van der Waals surface area (Å²) < 4.78 is 6.88. The van der Waals surface area contributed by atoms with Crippen molar-refractivity contribution in [3.63, 3.8) is 0 Å². The van der Waals surface area contributed by atoms with Crippen LogP contribution >= 0.6 is 11.6 Å². The third kappa shape index (κ3) is 3.49. The van der Waals surface area contributed by atoms with Gasteiger partial charge in [0.05, 0.1) is 6.61 Å². The van der Waals surface area contributed by atoms with Crippen LogP contribution in [0.1, 0.15) is 38.1 Å². The van der Waals surface area contributed by atoms with Crippen molar-refractivity contribution < 1.29 is 9.53 Å². The number of nitrogens with zero attached hydrogens (tertiary/aromatic N) is 2. The summed E-state index contributed by atoms with van der Waals surface area (Å²) >= 11 is 6.00. The highest BCUT2D eigenvalue weighted by atomic mass is 35.5. The second-order valence-corrected chi connectivity index (χ2v) is 7.19. The van der Waals surface area contributed by atoms with Gasteiger partial charge in [-0.15, -0.1) is 0 Å². The Kier molecular flexibility index (Phi) is 4.47. The topological polar surface area (TPSA) is 71.4 Å².